The molecule has 1 aromatic heterocycles. The number of nitrogens with zero attached hydrogens (tertiary/aromatic N) is 5. The van der Waals surface area contributed by atoms with Gasteiger partial charge in [0.1, 0.15) is 5.82 Å². The molecule has 1 N–H and O–H groups in total. The molecule has 0 spiro atoms. The molecule has 0 amide bonds. The SMILES string of the molecule is CCNC(=NCCCc1nnc(SC)n1C1CCCC1)N1CCCC1.I. The van der Waals surface area contributed by atoms with Gasteiger partial charge in [-0.2, -0.15) is 0 Å². The van der Waals surface area contributed by atoms with E-state index in [0.29, 0.717) is 6.04 Å². The molecule has 1 saturated carbocycles. The van der Waals surface area contributed by atoms with E-state index in [1.165, 1.54) is 38.5 Å². The molecule has 0 radical (unpaired) electrons. The minimum absolute atomic E-state index is 0. The number of nitrogens with one attached hydrogen (secondary N) is 1. The molecule has 148 valence electrons. The van der Waals surface area contributed by atoms with Crippen molar-refractivity contribution >= 4 is 41.7 Å². The van der Waals surface area contributed by atoms with Crippen LogP contribution in [0.5, 0.6) is 0 Å². The largest absolute Gasteiger partial charge is 0.357 e. The fraction of sp³-hybridized carbons (Fsp3) is 0.833. The number of aromatic nitrogens is 3. The Labute approximate surface area is 179 Å². The highest BCUT2D eigenvalue weighted by molar-refractivity contribution is 14.0. The Balaban J connectivity index is 0.00000243. The van der Waals surface area contributed by atoms with Gasteiger partial charge < -0.3 is 14.8 Å². The second-order valence-electron chi connectivity index (χ2n) is 6.94. The summed E-state index contributed by atoms with van der Waals surface area (Å²) in [6.07, 6.45) is 11.9. The van der Waals surface area contributed by atoms with Gasteiger partial charge in [-0.25, -0.2) is 0 Å². The molecule has 8 heteroatoms. The summed E-state index contributed by atoms with van der Waals surface area (Å²) in [6, 6.07) is 0.609. The second-order valence-corrected chi connectivity index (χ2v) is 7.72. The average Bonchev–Trinajstić information content (AvgIpc) is 3.38. The Bertz CT molecular complexity index is 564. The lowest BCUT2D eigenvalue weighted by Crippen LogP contribution is -2.39. The van der Waals surface area contributed by atoms with Crippen molar-refractivity contribution in [3.05, 3.63) is 5.82 Å². The van der Waals surface area contributed by atoms with E-state index in [9.17, 15) is 0 Å². The highest BCUT2D eigenvalue weighted by Gasteiger charge is 2.23. The Morgan fingerprint density at radius 2 is 1.92 bits per heavy atom. The lowest BCUT2D eigenvalue weighted by molar-refractivity contribution is 0.460. The summed E-state index contributed by atoms with van der Waals surface area (Å²) in [5, 5.41) is 13.4. The summed E-state index contributed by atoms with van der Waals surface area (Å²) in [6.45, 7) is 6.20. The standard InChI is InChI=1S/C18H32N6S.HI/c1-3-19-17(23-13-6-7-14-23)20-12-8-11-16-21-22-18(25-2)24(16)15-9-4-5-10-15;/h15H,3-14H2,1-2H3,(H,19,20);1H. The number of hydrogen-bond acceptors (Lipinski definition) is 4. The second kappa shape index (κ2) is 11.4. The molecular formula is C18H33IN6S. The first-order valence-corrected chi connectivity index (χ1v) is 11.1. The lowest BCUT2D eigenvalue weighted by Gasteiger charge is -2.20. The minimum Gasteiger partial charge on any atom is -0.357 e. The maximum absolute atomic E-state index is 4.83. The highest BCUT2D eigenvalue weighted by atomic mass is 127. The monoisotopic (exact) mass is 492 g/mol. The fourth-order valence-electron chi connectivity index (χ4n) is 3.92. The molecule has 0 bridgehead atoms. The summed E-state index contributed by atoms with van der Waals surface area (Å²) < 4.78 is 2.41. The van der Waals surface area contributed by atoms with Crippen LogP contribution in [0, 0.1) is 0 Å². The molecule has 1 aliphatic carbocycles. The third kappa shape index (κ3) is 5.50. The highest BCUT2D eigenvalue weighted by Crippen LogP contribution is 2.33. The van der Waals surface area contributed by atoms with Crippen molar-refractivity contribution in [2.45, 2.75) is 69.5 Å². The Hall–Kier alpha value is -0.510. The maximum Gasteiger partial charge on any atom is 0.193 e. The van der Waals surface area contributed by atoms with Crippen molar-refractivity contribution in [3.8, 4) is 0 Å². The van der Waals surface area contributed by atoms with E-state index in [-0.39, 0.29) is 24.0 Å². The Morgan fingerprint density at radius 1 is 1.19 bits per heavy atom. The number of rotatable bonds is 7. The number of hydrogen-bond donors (Lipinski definition) is 1. The molecule has 1 saturated heterocycles. The van der Waals surface area contributed by atoms with E-state index in [1.807, 2.05) is 0 Å². The van der Waals surface area contributed by atoms with Gasteiger partial charge in [0.25, 0.3) is 0 Å². The first kappa shape index (κ1) is 21.8. The Kier molecular flexibility index (Phi) is 9.52. The van der Waals surface area contributed by atoms with Gasteiger partial charge in [-0.05, 0) is 45.3 Å². The van der Waals surface area contributed by atoms with Crippen LogP contribution in [0.2, 0.25) is 0 Å². The molecule has 1 aliphatic heterocycles. The molecule has 26 heavy (non-hydrogen) atoms. The predicted molar refractivity (Wildman–Crippen MR) is 120 cm³/mol. The maximum atomic E-state index is 4.83. The van der Waals surface area contributed by atoms with Crippen LogP contribution in [0.25, 0.3) is 0 Å². The molecule has 1 aromatic rings. The topological polar surface area (TPSA) is 58.3 Å². The van der Waals surface area contributed by atoms with Crippen LogP contribution in [-0.4, -0.2) is 58.1 Å². The first-order valence-electron chi connectivity index (χ1n) is 9.84. The van der Waals surface area contributed by atoms with E-state index >= 15 is 0 Å². The zero-order chi connectivity index (χ0) is 17.5. The van der Waals surface area contributed by atoms with Crippen LogP contribution in [0.4, 0.5) is 0 Å². The van der Waals surface area contributed by atoms with E-state index in [1.54, 1.807) is 11.8 Å². The van der Waals surface area contributed by atoms with Crippen molar-refractivity contribution in [1.29, 1.82) is 0 Å². The van der Waals surface area contributed by atoms with E-state index in [2.05, 4.69) is 38.2 Å². The first-order chi connectivity index (χ1) is 12.3. The van der Waals surface area contributed by atoms with Gasteiger partial charge in [-0.1, -0.05) is 24.6 Å². The summed E-state index contributed by atoms with van der Waals surface area (Å²) >= 11 is 1.72. The quantitative estimate of drug-likeness (QED) is 0.207. The van der Waals surface area contributed by atoms with Gasteiger partial charge in [0.05, 0.1) is 0 Å². The van der Waals surface area contributed by atoms with Crippen molar-refractivity contribution < 1.29 is 0 Å². The molecule has 6 nitrogen and oxygen atoms in total. The molecule has 2 heterocycles. The third-order valence-corrected chi connectivity index (χ3v) is 5.81. The number of aliphatic imine (C=N–C) groups is 1. The van der Waals surface area contributed by atoms with Crippen LogP contribution in [0.3, 0.4) is 0 Å². The van der Waals surface area contributed by atoms with Crippen molar-refractivity contribution in [3.63, 3.8) is 0 Å². The number of thioether (sulfide) groups is 1. The molecule has 0 aromatic carbocycles. The smallest absolute Gasteiger partial charge is 0.193 e. The van der Waals surface area contributed by atoms with Crippen LogP contribution < -0.4 is 5.32 Å². The van der Waals surface area contributed by atoms with Gasteiger partial charge in [-0.15, -0.1) is 34.2 Å². The lowest BCUT2D eigenvalue weighted by atomic mass is 10.2. The van der Waals surface area contributed by atoms with Crippen LogP contribution in [-0.2, 0) is 6.42 Å². The van der Waals surface area contributed by atoms with E-state index in [4.69, 9.17) is 4.99 Å². The van der Waals surface area contributed by atoms with Crippen molar-refractivity contribution in [1.82, 2.24) is 25.0 Å². The summed E-state index contributed by atoms with van der Waals surface area (Å²) in [4.78, 5) is 7.22. The van der Waals surface area contributed by atoms with Crippen molar-refractivity contribution in [2.24, 2.45) is 4.99 Å². The summed E-state index contributed by atoms with van der Waals surface area (Å²) in [5.41, 5.74) is 0. The van der Waals surface area contributed by atoms with Crippen LogP contribution in [0.15, 0.2) is 10.1 Å². The summed E-state index contributed by atoms with van der Waals surface area (Å²) in [5.74, 6) is 2.24. The molecule has 2 fully saturated rings. The molecule has 2 aliphatic rings. The van der Waals surface area contributed by atoms with Gasteiger partial charge >= 0.3 is 0 Å². The van der Waals surface area contributed by atoms with Gasteiger partial charge in [0.2, 0.25) is 0 Å². The van der Waals surface area contributed by atoms with Crippen LogP contribution in [0.1, 0.15) is 63.7 Å². The molecule has 0 unspecified atom stereocenters. The fourth-order valence-corrected chi connectivity index (χ4v) is 4.50. The number of guanidine groups is 1. The Morgan fingerprint density at radius 3 is 2.58 bits per heavy atom. The van der Waals surface area contributed by atoms with Gasteiger partial charge in [-0.3, -0.25) is 4.99 Å². The number of halogens is 1. The van der Waals surface area contributed by atoms with Gasteiger partial charge in [0, 0.05) is 38.6 Å². The third-order valence-electron chi connectivity index (χ3n) is 5.17. The number of aryl methyl sites for hydroxylation is 1. The zero-order valence-corrected chi connectivity index (χ0v) is 19.3. The molecule has 3 rings (SSSR count). The van der Waals surface area contributed by atoms with E-state index in [0.717, 1.165) is 56.0 Å². The molecule has 0 atom stereocenters. The van der Waals surface area contributed by atoms with E-state index < -0.39 is 0 Å². The molecular weight excluding hydrogens is 459 g/mol. The zero-order valence-electron chi connectivity index (χ0n) is 16.1. The van der Waals surface area contributed by atoms with Crippen LogP contribution >= 0.6 is 35.7 Å². The normalized spacial score (nSPS) is 18.4. The minimum atomic E-state index is 0. The average molecular weight is 492 g/mol. The summed E-state index contributed by atoms with van der Waals surface area (Å²) in [7, 11) is 0. The predicted octanol–water partition coefficient (Wildman–Crippen LogP) is 3.73. The number of likely N-dealkylation sites (tertiary alicyclic amines) is 1. The van der Waals surface area contributed by atoms with Crippen molar-refractivity contribution in [2.75, 3.05) is 32.4 Å². The van der Waals surface area contributed by atoms with Gasteiger partial charge in [0.15, 0.2) is 11.1 Å².